The molecule has 1 N–H and O–H groups in total. The van der Waals surface area contributed by atoms with Crippen molar-refractivity contribution in [1.82, 2.24) is 9.62 Å². The van der Waals surface area contributed by atoms with Crippen LogP contribution in [0.1, 0.15) is 69.5 Å². The molecule has 5 nitrogen and oxygen atoms in total. The highest BCUT2D eigenvalue weighted by atomic mass is 35.5. The fourth-order valence-corrected chi connectivity index (χ4v) is 7.33. The molecule has 1 unspecified atom stereocenters. The van der Waals surface area contributed by atoms with Crippen molar-refractivity contribution in [2.45, 2.75) is 69.7 Å². The van der Waals surface area contributed by atoms with Gasteiger partial charge < -0.3 is 4.90 Å². The quantitative estimate of drug-likeness (QED) is 0.326. The van der Waals surface area contributed by atoms with Crippen molar-refractivity contribution in [3.63, 3.8) is 0 Å². The first-order valence-corrected chi connectivity index (χ1v) is 15.2. The van der Waals surface area contributed by atoms with Crippen LogP contribution < -0.4 is 4.72 Å². The zero-order valence-electron chi connectivity index (χ0n) is 21.7. The van der Waals surface area contributed by atoms with Crippen molar-refractivity contribution in [2.24, 2.45) is 11.3 Å². The molecule has 2 fully saturated rings. The second kappa shape index (κ2) is 11.1. The molecule has 37 heavy (non-hydrogen) atoms. The SMILES string of the molecule is C=CC[C@@]1(C)C[C@H](c2cccc(Cl)c2)[C@@H](c2ccc(Cl)cc2)N(C(CNS(=O)(=O)C2CC2)C(C)C)C1=O. The Hall–Kier alpha value is -1.86. The number of benzene rings is 2. The van der Waals surface area contributed by atoms with Gasteiger partial charge in [-0.1, -0.05) is 74.3 Å². The lowest BCUT2D eigenvalue weighted by molar-refractivity contribution is -0.155. The van der Waals surface area contributed by atoms with Crippen LogP contribution >= 0.6 is 23.2 Å². The maximum Gasteiger partial charge on any atom is 0.229 e. The minimum atomic E-state index is -3.41. The van der Waals surface area contributed by atoms with Crippen LogP contribution in [-0.4, -0.2) is 37.1 Å². The van der Waals surface area contributed by atoms with Gasteiger partial charge in [0.1, 0.15) is 0 Å². The minimum absolute atomic E-state index is 0.00625. The molecule has 0 bridgehead atoms. The Labute approximate surface area is 231 Å². The van der Waals surface area contributed by atoms with Gasteiger partial charge in [0.25, 0.3) is 0 Å². The largest absolute Gasteiger partial charge is 0.330 e. The van der Waals surface area contributed by atoms with E-state index in [0.717, 1.165) is 11.1 Å². The summed E-state index contributed by atoms with van der Waals surface area (Å²) in [6.45, 7) is 10.2. The third kappa shape index (κ3) is 6.08. The molecule has 4 rings (SSSR count). The molecule has 0 spiro atoms. The monoisotopic (exact) mass is 562 g/mol. The number of piperidine rings is 1. The van der Waals surface area contributed by atoms with E-state index in [1.807, 2.05) is 68.1 Å². The Kier molecular flexibility index (Phi) is 8.44. The first-order chi connectivity index (χ1) is 17.5. The molecule has 2 aromatic carbocycles. The highest BCUT2D eigenvalue weighted by Gasteiger charge is 2.51. The van der Waals surface area contributed by atoms with Crippen LogP contribution in [0, 0.1) is 11.3 Å². The summed E-state index contributed by atoms with van der Waals surface area (Å²) < 4.78 is 28.4. The molecule has 1 aliphatic carbocycles. The lowest BCUT2D eigenvalue weighted by Gasteiger charge is -2.53. The van der Waals surface area contributed by atoms with Crippen LogP contribution in [0.4, 0.5) is 0 Å². The first kappa shape index (κ1) is 28.2. The number of allylic oxidation sites excluding steroid dienone is 1. The first-order valence-electron chi connectivity index (χ1n) is 12.9. The Morgan fingerprint density at radius 3 is 2.35 bits per heavy atom. The fraction of sp³-hybridized carbons (Fsp3) is 0.483. The van der Waals surface area contributed by atoms with E-state index in [1.54, 1.807) is 6.08 Å². The van der Waals surface area contributed by atoms with E-state index >= 15 is 0 Å². The van der Waals surface area contributed by atoms with E-state index in [4.69, 9.17) is 23.2 Å². The second-order valence-electron chi connectivity index (χ2n) is 11.0. The van der Waals surface area contributed by atoms with Crippen molar-refractivity contribution < 1.29 is 13.2 Å². The van der Waals surface area contributed by atoms with Gasteiger partial charge in [-0.05, 0) is 67.0 Å². The van der Waals surface area contributed by atoms with E-state index in [1.165, 1.54) is 0 Å². The molecule has 1 saturated carbocycles. The lowest BCUT2D eigenvalue weighted by Crippen LogP contribution is -2.59. The Morgan fingerprint density at radius 1 is 1.11 bits per heavy atom. The van der Waals surface area contributed by atoms with Crippen LogP contribution in [0.15, 0.2) is 61.2 Å². The summed E-state index contributed by atoms with van der Waals surface area (Å²) in [5, 5.41) is 0.930. The van der Waals surface area contributed by atoms with Gasteiger partial charge in [-0.2, -0.15) is 0 Å². The predicted octanol–water partition coefficient (Wildman–Crippen LogP) is 6.74. The van der Waals surface area contributed by atoms with E-state index in [0.29, 0.717) is 35.7 Å². The third-order valence-corrected chi connectivity index (χ3v) is 10.2. The summed E-state index contributed by atoms with van der Waals surface area (Å²) in [6.07, 6.45) is 4.30. The van der Waals surface area contributed by atoms with Crippen LogP contribution in [0.25, 0.3) is 0 Å². The minimum Gasteiger partial charge on any atom is -0.330 e. The second-order valence-corrected chi connectivity index (χ2v) is 14.0. The van der Waals surface area contributed by atoms with Crippen molar-refractivity contribution >= 4 is 39.1 Å². The summed E-state index contributed by atoms with van der Waals surface area (Å²) in [6, 6.07) is 14.7. The molecular weight excluding hydrogens is 527 g/mol. The molecule has 1 amide bonds. The van der Waals surface area contributed by atoms with Gasteiger partial charge in [0.2, 0.25) is 15.9 Å². The summed E-state index contributed by atoms with van der Waals surface area (Å²) in [4.78, 5) is 16.3. The summed E-state index contributed by atoms with van der Waals surface area (Å²) in [5.41, 5.74) is 1.31. The van der Waals surface area contributed by atoms with Gasteiger partial charge in [-0.15, -0.1) is 6.58 Å². The van der Waals surface area contributed by atoms with Gasteiger partial charge >= 0.3 is 0 Å². The molecule has 1 saturated heterocycles. The number of carbonyl (C=O) groups is 1. The normalized spacial score (nSPS) is 25.4. The molecule has 2 aromatic rings. The Balaban J connectivity index is 1.85. The molecule has 2 aliphatic rings. The number of nitrogens with one attached hydrogen (secondary N) is 1. The van der Waals surface area contributed by atoms with E-state index in [-0.39, 0.29) is 41.6 Å². The van der Waals surface area contributed by atoms with Crippen molar-refractivity contribution in [3.05, 3.63) is 82.4 Å². The zero-order chi connectivity index (χ0) is 27.0. The number of halogens is 2. The van der Waals surface area contributed by atoms with Gasteiger partial charge in [-0.25, -0.2) is 13.1 Å². The van der Waals surface area contributed by atoms with E-state index < -0.39 is 15.4 Å². The van der Waals surface area contributed by atoms with Gasteiger partial charge in [-0.3, -0.25) is 4.79 Å². The summed E-state index contributed by atoms with van der Waals surface area (Å²) in [7, 11) is -3.41. The number of likely N-dealkylation sites (tertiary alicyclic amines) is 1. The number of rotatable bonds is 10. The molecule has 0 radical (unpaired) electrons. The molecule has 200 valence electrons. The van der Waals surface area contributed by atoms with Gasteiger partial charge in [0, 0.05) is 28.5 Å². The fourth-order valence-electron chi connectivity index (χ4n) is 5.61. The molecule has 1 aliphatic heterocycles. The van der Waals surface area contributed by atoms with Crippen LogP contribution in [0.5, 0.6) is 0 Å². The standard InChI is InChI=1S/C29H36Cl2N2O3S/c1-5-15-29(4)17-25(21-7-6-8-23(31)16-21)27(20-9-11-22(30)12-10-20)33(28(29)34)26(19(2)3)18-32-37(35,36)24-13-14-24/h5-12,16,19,24-27,32H,1,13-15,17-18H2,2-4H3/t25-,26?,27-,29+/m1/s1. The van der Waals surface area contributed by atoms with Gasteiger partial charge in [0.15, 0.2) is 0 Å². The highest BCUT2D eigenvalue weighted by molar-refractivity contribution is 7.90. The molecule has 1 heterocycles. The van der Waals surface area contributed by atoms with Gasteiger partial charge in [0.05, 0.1) is 16.7 Å². The average Bonchev–Trinajstić information content (AvgIpc) is 3.69. The average molecular weight is 564 g/mol. The van der Waals surface area contributed by atoms with Crippen LogP contribution in [-0.2, 0) is 14.8 Å². The number of sulfonamides is 1. The molecular formula is C29H36Cl2N2O3S. The van der Waals surface area contributed by atoms with Crippen LogP contribution in [0.3, 0.4) is 0 Å². The highest BCUT2D eigenvalue weighted by Crippen LogP contribution is 2.52. The third-order valence-electron chi connectivity index (χ3n) is 7.77. The lowest BCUT2D eigenvalue weighted by atomic mass is 9.66. The van der Waals surface area contributed by atoms with Crippen molar-refractivity contribution in [1.29, 1.82) is 0 Å². The Bertz CT molecular complexity index is 1240. The summed E-state index contributed by atoms with van der Waals surface area (Å²) >= 11 is 12.7. The maximum absolute atomic E-state index is 14.4. The number of amides is 1. The van der Waals surface area contributed by atoms with Crippen molar-refractivity contribution in [3.8, 4) is 0 Å². The maximum atomic E-state index is 14.4. The number of carbonyl (C=O) groups excluding carboxylic acids is 1. The topological polar surface area (TPSA) is 66.5 Å². The van der Waals surface area contributed by atoms with E-state index in [9.17, 15) is 13.2 Å². The van der Waals surface area contributed by atoms with E-state index in [2.05, 4.69) is 17.4 Å². The molecule has 8 heteroatoms. The zero-order valence-corrected chi connectivity index (χ0v) is 24.0. The number of hydrogen-bond donors (Lipinski definition) is 1. The van der Waals surface area contributed by atoms with Crippen LogP contribution in [0.2, 0.25) is 10.0 Å². The van der Waals surface area contributed by atoms with Crippen molar-refractivity contribution in [2.75, 3.05) is 6.54 Å². The number of nitrogens with zero attached hydrogens (tertiary/aromatic N) is 1. The Morgan fingerprint density at radius 2 is 1.78 bits per heavy atom. The molecule has 4 atom stereocenters. The number of hydrogen-bond acceptors (Lipinski definition) is 3. The smallest absolute Gasteiger partial charge is 0.229 e. The predicted molar refractivity (Wildman–Crippen MR) is 151 cm³/mol. The molecule has 0 aromatic heterocycles. The summed E-state index contributed by atoms with van der Waals surface area (Å²) in [5.74, 6) is -0.0505.